The number of nitrogens with zero attached hydrogens (tertiary/aromatic N) is 1. The van der Waals surface area contributed by atoms with Crippen LogP contribution in [-0.4, -0.2) is 17.6 Å². The van der Waals surface area contributed by atoms with Gasteiger partial charge in [-0.3, -0.25) is 0 Å². The van der Waals surface area contributed by atoms with Gasteiger partial charge in [0, 0.05) is 10.0 Å². The van der Waals surface area contributed by atoms with Gasteiger partial charge in [-0.1, -0.05) is 25.9 Å². The van der Waals surface area contributed by atoms with Crippen LogP contribution in [0.15, 0.2) is 27.8 Å². The molecule has 0 atom stereocenters. The molecule has 0 heterocycles. The van der Waals surface area contributed by atoms with Crippen LogP contribution in [-0.2, 0) is 0 Å². The molecule has 0 radical (unpaired) electrons. The Morgan fingerprint density at radius 2 is 2.11 bits per heavy atom. The predicted octanol–water partition coefficient (Wildman–Crippen LogP) is 3.36. The van der Waals surface area contributed by atoms with Crippen molar-refractivity contribution < 1.29 is 9.94 Å². The maximum absolute atomic E-state index is 8.62. The van der Waals surface area contributed by atoms with E-state index in [4.69, 9.17) is 15.7 Å². The molecule has 0 saturated heterocycles. The van der Waals surface area contributed by atoms with Crippen molar-refractivity contribution in [3.05, 3.63) is 28.2 Å². The minimum absolute atomic E-state index is 0.0723. The molecule has 1 rings (SSSR count). The summed E-state index contributed by atoms with van der Waals surface area (Å²) in [6.45, 7) is 7.19. The highest BCUT2D eigenvalue weighted by molar-refractivity contribution is 9.10. The van der Waals surface area contributed by atoms with Gasteiger partial charge < -0.3 is 15.7 Å². The molecular weight excluding hydrogens is 296 g/mol. The van der Waals surface area contributed by atoms with Crippen molar-refractivity contribution in [3.63, 3.8) is 0 Å². The summed E-state index contributed by atoms with van der Waals surface area (Å²) in [5.74, 6) is 0.837. The van der Waals surface area contributed by atoms with Crippen molar-refractivity contribution in [2.45, 2.75) is 27.2 Å². The van der Waals surface area contributed by atoms with Gasteiger partial charge in [-0.05, 0) is 46.0 Å². The number of hydrogen-bond donors (Lipinski definition) is 2. The van der Waals surface area contributed by atoms with E-state index >= 15 is 0 Å². The number of hydrogen-bond acceptors (Lipinski definition) is 3. The van der Waals surface area contributed by atoms with Crippen LogP contribution < -0.4 is 10.5 Å². The van der Waals surface area contributed by atoms with Gasteiger partial charge in [0.25, 0.3) is 0 Å². The highest BCUT2D eigenvalue weighted by Crippen LogP contribution is 2.24. The number of oxime groups is 1. The van der Waals surface area contributed by atoms with Crippen LogP contribution in [0.25, 0.3) is 0 Å². The summed E-state index contributed by atoms with van der Waals surface area (Å²) in [5.41, 5.74) is 6.43. The Morgan fingerprint density at radius 1 is 1.44 bits per heavy atom. The maximum atomic E-state index is 8.62. The van der Waals surface area contributed by atoms with E-state index in [-0.39, 0.29) is 11.3 Å². The zero-order valence-electron chi connectivity index (χ0n) is 10.9. The molecule has 0 amide bonds. The lowest BCUT2D eigenvalue weighted by Crippen LogP contribution is -2.14. The lowest BCUT2D eigenvalue weighted by molar-refractivity contribution is 0.243. The molecular formula is C13H19BrN2O2. The third kappa shape index (κ3) is 4.56. The quantitative estimate of drug-likeness (QED) is 0.387. The summed E-state index contributed by atoms with van der Waals surface area (Å²) in [6, 6.07) is 5.38. The van der Waals surface area contributed by atoms with Gasteiger partial charge in [0.15, 0.2) is 5.84 Å². The molecule has 18 heavy (non-hydrogen) atoms. The van der Waals surface area contributed by atoms with Crippen LogP contribution in [0, 0.1) is 5.41 Å². The van der Waals surface area contributed by atoms with Crippen molar-refractivity contribution in [1.82, 2.24) is 0 Å². The van der Waals surface area contributed by atoms with Crippen LogP contribution in [0.5, 0.6) is 5.75 Å². The first-order chi connectivity index (χ1) is 8.33. The van der Waals surface area contributed by atoms with E-state index < -0.39 is 0 Å². The van der Waals surface area contributed by atoms with E-state index in [0.29, 0.717) is 12.2 Å². The largest absolute Gasteiger partial charge is 0.494 e. The van der Waals surface area contributed by atoms with Gasteiger partial charge in [-0.2, -0.15) is 0 Å². The Bertz CT molecular complexity index is 439. The number of rotatable bonds is 4. The zero-order valence-corrected chi connectivity index (χ0v) is 12.5. The molecule has 0 aliphatic carbocycles. The van der Waals surface area contributed by atoms with Crippen LogP contribution in [0.2, 0.25) is 0 Å². The van der Waals surface area contributed by atoms with Crippen molar-refractivity contribution in [2.75, 3.05) is 6.61 Å². The highest BCUT2D eigenvalue weighted by atomic mass is 79.9. The summed E-state index contributed by atoms with van der Waals surface area (Å²) in [4.78, 5) is 0. The Hall–Kier alpha value is -1.23. The summed E-state index contributed by atoms with van der Waals surface area (Å²) in [5, 5.41) is 11.6. The van der Waals surface area contributed by atoms with Crippen LogP contribution in [0.1, 0.15) is 32.8 Å². The average Bonchev–Trinajstić information content (AvgIpc) is 2.26. The molecule has 5 heteroatoms. The normalized spacial score (nSPS) is 12.6. The standard InChI is InChI=1S/C13H19BrN2O2/c1-13(2,3)6-7-18-9-4-5-10(11(14)8-9)12(15)16-17/h4-5,8,17H,6-7H2,1-3H3,(H2,15,16). The minimum atomic E-state index is 0.0723. The molecule has 0 saturated carbocycles. The minimum Gasteiger partial charge on any atom is -0.494 e. The Balaban J connectivity index is 2.68. The molecule has 0 aliphatic rings. The second-order valence-electron chi connectivity index (χ2n) is 5.29. The second kappa shape index (κ2) is 6.09. The van der Waals surface area contributed by atoms with Crippen molar-refractivity contribution in [1.29, 1.82) is 0 Å². The fraction of sp³-hybridized carbons (Fsp3) is 0.462. The van der Waals surface area contributed by atoms with Crippen LogP contribution >= 0.6 is 15.9 Å². The molecule has 1 aromatic carbocycles. The Labute approximate surface area is 116 Å². The monoisotopic (exact) mass is 314 g/mol. The Morgan fingerprint density at radius 3 is 2.61 bits per heavy atom. The topological polar surface area (TPSA) is 67.8 Å². The summed E-state index contributed by atoms with van der Waals surface area (Å²) in [6.07, 6.45) is 0.979. The molecule has 0 fully saturated rings. The van der Waals surface area contributed by atoms with E-state index in [9.17, 15) is 0 Å². The van der Waals surface area contributed by atoms with Gasteiger partial charge in [-0.25, -0.2) is 0 Å². The molecule has 0 bridgehead atoms. The Kier molecular flexibility index (Phi) is 5.02. The van der Waals surface area contributed by atoms with Gasteiger partial charge in [0.2, 0.25) is 0 Å². The summed E-state index contributed by atoms with van der Waals surface area (Å²) >= 11 is 3.37. The molecule has 3 N–H and O–H groups in total. The number of nitrogens with two attached hydrogens (primary N) is 1. The molecule has 0 aliphatic heterocycles. The van der Waals surface area contributed by atoms with Gasteiger partial charge in [-0.15, -0.1) is 0 Å². The van der Waals surface area contributed by atoms with E-state index in [1.54, 1.807) is 12.1 Å². The summed E-state index contributed by atoms with van der Waals surface area (Å²) < 4.78 is 6.40. The molecule has 0 aromatic heterocycles. The van der Waals surface area contributed by atoms with Gasteiger partial charge in [0.05, 0.1) is 6.61 Å². The average molecular weight is 315 g/mol. The van der Waals surface area contributed by atoms with Crippen molar-refractivity contribution >= 4 is 21.8 Å². The lowest BCUT2D eigenvalue weighted by atomic mass is 9.93. The fourth-order valence-electron chi connectivity index (χ4n) is 1.32. The first-order valence-corrected chi connectivity index (χ1v) is 6.53. The third-order valence-corrected chi connectivity index (χ3v) is 3.10. The van der Waals surface area contributed by atoms with Crippen molar-refractivity contribution in [2.24, 2.45) is 16.3 Å². The SMILES string of the molecule is CC(C)(C)CCOc1ccc(/C(N)=N/O)c(Br)c1. The van der Waals surface area contributed by atoms with E-state index in [2.05, 4.69) is 41.9 Å². The maximum Gasteiger partial charge on any atom is 0.171 e. The lowest BCUT2D eigenvalue weighted by Gasteiger charge is -2.18. The molecule has 0 unspecified atom stereocenters. The number of benzene rings is 1. The highest BCUT2D eigenvalue weighted by Gasteiger charge is 2.11. The molecule has 4 nitrogen and oxygen atoms in total. The molecule has 0 spiro atoms. The van der Waals surface area contributed by atoms with Gasteiger partial charge in [0.1, 0.15) is 5.75 Å². The molecule has 100 valence electrons. The number of amidine groups is 1. The predicted molar refractivity (Wildman–Crippen MR) is 76.2 cm³/mol. The number of halogens is 1. The molecule has 1 aromatic rings. The van der Waals surface area contributed by atoms with Crippen LogP contribution in [0.3, 0.4) is 0 Å². The number of ether oxygens (including phenoxy) is 1. The van der Waals surface area contributed by atoms with E-state index in [0.717, 1.165) is 16.6 Å². The summed E-state index contributed by atoms with van der Waals surface area (Å²) in [7, 11) is 0. The van der Waals surface area contributed by atoms with Crippen molar-refractivity contribution in [3.8, 4) is 5.75 Å². The first kappa shape index (κ1) is 14.8. The van der Waals surface area contributed by atoms with E-state index in [1.807, 2.05) is 6.07 Å². The third-order valence-electron chi connectivity index (χ3n) is 2.45. The zero-order chi connectivity index (χ0) is 13.8. The first-order valence-electron chi connectivity index (χ1n) is 5.74. The van der Waals surface area contributed by atoms with Gasteiger partial charge >= 0.3 is 0 Å². The second-order valence-corrected chi connectivity index (χ2v) is 6.14. The van der Waals surface area contributed by atoms with Crippen LogP contribution in [0.4, 0.5) is 0 Å². The smallest absolute Gasteiger partial charge is 0.171 e. The fourth-order valence-corrected chi connectivity index (χ4v) is 1.88. The van der Waals surface area contributed by atoms with E-state index in [1.165, 1.54) is 0 Å².